The largest absolute Gasteiger partial charge is 0.448 e. The van der Waals surface area contributed by atoms with E-state index in [0.717, 1.165) is 18.2 Å². The molecule has 17 heteroatoms. The molecule has 4 rings (SSSR count). The summed E-state index contributed by atoms with van der Waals surface area (Å²) >= 11 is 5.87. The minimum Gasteiger partial charge on any atom is -0.448 e. The monoisotopic (exact) mass is 623 g/mol. The van der Waals surface area contributed by atoms with Crippen LogP contribution in [0.1, 0.15) is 17.2 Å². The second kappa shape index (κ2) is 12.3. The molecule has 1 aliphatic rings. The molecule has 0 saturated carbocycles. The third kappa shape index (κ3) is 7.42. The van der Waals surface area contributed by atoms with Gasteiger partial charge in [0.15, 0.2) is 11.9 Å². The first-order valence-electron chi connectivity index (χ1n) is 12.3. The molecule has 0 aliphatic carbocycles. The molecular weight excluding hydrogens is 600 g/mol. The Morgan fingerprint density at radius 1 is 1.00 bits per heavy atom. The molecule has 1 amide bonds. The Labute approximate surface area is 238 Å². The highest BCUT2D eigenvalue weighted by Crippen LogP contribution is 2.31. The molecule has 0 bridgehead atoms. The van der Waals surface area contributed by atoms with E-state index in [2.05, 4.69) is 10.4 Å². The number of hydrogen-bond acceptors (Lipinski definition) is 7. The van der Waals surface area contributed by atoms with Crippen molar-refractivity contribution in [3.63, 3.8) is 0 Å². The molecule has 10 nitrogen and oxygen atoms in total. The van der Waals surface area contributed by atoms with Crippen molar-refractivity contribution in [1.29, 1.82) is 0 Å². The number of carbonyl (C=O) groups is 1. The lowest BCUT2D eigenvalue weighted by Crippen LogP contribution is -2.44. The van der Waals surface area contributed by atoms with E-state index in [9.17, 15) is 46.1 Å². The summed E-state index contributed by atoms with van der Waals surface area (Å²) in [4.78, 5) is 26.3. The highest BCUT2D eigenvalue weighted by atomic mass is 35.5. The SMILES string of the molecule is O=C1OCCN1CC(NC(O)Cn1nc(-c2ccc(Cl)cc2)n(C[C@H](O)C(F)(F)F)c1=O)c1cccc(C(F)(F)F)c1. The van der Waals surface area contributed by atoms with Gasteiger partial charge in [0.2, 0.25) is 0 Å². The van der Waals surface area contributed by atoms with Crippen LogP contribution in [-0.2, 0) is 24.0 Å². The molecule has 3 aromatic rings. The molecule has 0 spiro atoms. The summed E-state index contributed by atoms with van der Waals surface area (Å²) in [5.74, 6) is -0.263. The van der Waals surface area contributed by atoms with E-state index in [4.69, 9.17) is 16.3 Å². The van der Waals surface area contributed by atoms with Crippen LogP contribution in [0.2, 0.25) is 5.02 Å². The third-order valence-electron chi connectivity index (χ3n) is 6.36. The van der Waals surface area contributed by atoms with Crippen LogP contribution in [0.3, 0.4) is 0 Å². The molecule has 0 radical (unpaired) electrons. The van der Waals surface area contributed by atoms with Crippen molar-refractivity contribution in [3.05, 3.63) is 75.2 Å². The summed E-state index contributed by atoms with van der Waals surface area (Å²) in [6, 6.07) is 8.68. The minimum atomic E-state index is -5.05. The van der Waals surface area contributed by atoms with Crippen LogP contribution in [0.5, 0.6) is 0 Å². The first-order chi connectivity index (χ1) is 19.6. The topological polar surface area (TPSA) is 122 Å². The van der Waals surface area contributed by atoms with E-state index in [-0.39, 0.29) is 36.6 Å². The fraction of sp³-hybridized carbons (Fsp3) is 0.400. The number of carbonyl (C=O) groups excluding carboxylic acids is 1. The van der Waals surface area contributed by atoms with Crippen LogP contribution in [-0.4, -0.2) is 73.8 Å². The van der Waals surface area contributed by atoms with Gasteiger partial charge in [-0.05, 0) is 42.0 Å². The van der Waals surface area contributed by atoms with Gasteiger partial charge in [0, 0.05) is 17.1 Å². The van der Waals surface area contributed by atoms with Gasteiger partial charge in [-0.2, -0.15) is 26.3 Å². The zero-order chi connectivity index (χ0) is 30.8. The standard InChI is InChI=1S/C25H24ClF6N5O5/c26-17-6-4-14(5-7-17)21-34-37(22(40)36(21)12-19(38)25(30,31)32)13-20(39)33-18(11-35-8-9-42-23(35)41)15-2-1-3-16(10-15)24(27,28)29/h1-7,10,18-20,33,38-39H,8-9,11-13H2/t18?,19-,20?/m0/s1. The zero-order valence-corrected chi connectivity index (χ0v) is 22.2. The number of hydrogen-bond donors (Lipinski definition) is 3. The van der Waals surface area contributed by atoms with Crippen molar-refractivity contribution < 1.29 is 46.1 Å². The summed E-state index contributed by atoms with van der Waals surface area (Å²) < 4.78 is 85.5. The molecule has 2 unspecified atom stereocenters. The van der Waals surface area contributed by atoms with Gasteiger partial charge in [-0.25, -0.2) is 14.3 Å². The number of aliphatic hydroxyl groups is 2. The maximum Gasteiger partial charge on any atom is 0.416 e. The van der Waals surface area contributed by atoms with E-state index in [1.54, 1.807) is 0 Å². The Kier molecular flexibility index (Phi) is 9.20. The maximum absolute atomic E-state index is 13.4. The van der Waals surface area contributed by atoms with Gasteiger partial charge in [-0.1, -0.05) is 23.7 Å². The summed E-state index contributed by atoms with van der Waals surface area (Å²) in [5.41, 5.74) is -1.85. The van der Waals surface area contributed by atoms with Crippen LogP contribution in [0.25, 0.3) is 11.4 Å². The fourth-order valence-electron chi connectivity index (χ4n) is 4.26. The molecule has 228 valence electrons. The van der Waals surface area contributed by atoms with Gasteiger partial charge in [0.25, 0.3) is 0 Å². The average molecular weight is 624 g/mol. The molecule has 3 N–H and O–H groups in total. The van der Waals surface area contributed by atoms with Gasteiger partial charge in [0.05, 0.1) is 31.2 Å². The molecule has 1 aromatic heterocycles. The number of cyclic esters (lactones) is 1. The highest BCUT2D eigenvalue weighted by molar-refractivity contribution is 6.30. The first kappa shape index (κ1) is 31.3. The normalized spacial score (nSPS) is 16.4. The Hall–Kier alpha value is -3.60. The zero-order valence-electron chi connectivity index (χ0n) is 21.4. The number of amides is 1. The highest BCUT2D eigenvalue weighted by Gasteiger charge is 2.39. The number of halogens is 7. The fourth-order valence-corrected chi connectivity index (χ4v) is 4.39. The van der Waals surface area contributed by atoms with Gasteiger partial charge in [0.1, 0.15) is 12.8 Å². The molecule has 1 aliphatic heterocycles. The Morgan fingerprint density at radius 3 is 2.29 bits per heavy atom. The summed E-state index contributed by atoms with van der Waals surface area (Å²) in [6.07, 6.45) is -15.0. The van der Waals surface area contributed by atoms with E-state index in [1.165, 1.54) is 35.2 Å². The van der Waals surface area contributed by atoms with E-state index in [1.807, 2.05) is 0 Å². The van der Waals surface area contributed by atoms with Crippen LogP contribution < -0.4 is 11.0 Å². The lowest BCUT2D eigenvalue weighted by molar-refractivity contribution is -0.207. The number of nitrogens with one attached hydrogen (secondary N) is 1. The number of nitrogens with zero attached hydrogens (tertiary/aromatic N) is 4. The Balaban J connectivity index is 1.63. The third-order valence-corrected chi connectivity index (χ3v) is 6.61. The second-order valence-corrected chi connectivity index (χ2v) is 9.82. The number of aromatic nitrogens is 3. The van der Waals surface area contributed by atoms with Crippen LogP contribution in [0.4, 0.5) is 31.1 Å². The number of alkyl halides is 6. The van der Waals surface area contributed by atoms with Crippen molar-refractivity contribution >= 4 is 17.7 Å². The average Bonchev–Trinajstić information content (AvgIpc) is 3.45. The van der Waals surface area contributed by atoms with Crippen molar-refractivity contribution in [3.8, 4) is 11.4 Å². The van der Waals surface area contributed by atoms with Crippen molar-refractivity contribution in [2.45, 2.75) is 43.8 Å². The molecular formula is C25H24ClF6N5O5. The Bertz CT molecular complexity index is 1460. The maximum atomic E-state index is 13.4. The summed E-state index contributed by atoms with van der Waals surface area (Å²) in [6.45, 7) is -1.88. The Morgan fingerprint density at radius 2 is 1.69 bits per heavy atom. The van der Waals surface area contributed by atoms with Crippen molar-refractivity contribution in [2.75, 3.05) is 19.7 Å². The van der Waals surface area contributed by atoms with Crippen LogP contribution in [0.15, 0.2) is 53.3 Å². The molecule has 2 aromatic carbocycles. The number of benzene rings is 2. The number of aliphatic hydroxyl groups excluding tert-OH is 2. The lowest BCUT2D eigenvalue weighted by atomic mass is 10.0. The van der Waals surface area contributed by atoms with Gasteiger partial charge in [-0.15, -0.1) is 5.10 Å². The van der Waals surface area contributed by atoms with Gasteiger partial charge in [-0.3, -0.25) is 9.88 Å². The predicted molar refractivity (Wildman–Crippen MR) is 135 cm³/mol. The molecule has 1 fully saturated rings. The quantitative estimate of drug-likeness (QED) is 0.234. The van der Waals surface area contributed by atoms with Crippen molar-refractivity contribution in [1.82, 2.24) is 24.6 Å². The second-order valence-electron chi connectivity index (χ2n) is 9.38. The van der Waals surface area contributed by atoms with Crippen LogP contribution >= 0.6 is 11.6 Å². The summed E-state index contributed by atoms with van der Waals surface area (Å²) in [5, 5.41) is 27.4. The smallest absolute Gasteiger partial charge is 0.416 e. The van der Waals surface area contributed by atoms with E-state index in [0.29, 0.717) is 14.3 Å². The van der Waals surface area contributed by atoms with Crippen LogP contribution in [0, 0.1) is 0 Å². The molecule has 1 saturated heterocycles. The summed E-state index contributed by atoms with van der Waals surface area (Å²) in [7, 11) is 0. The van der Waals surface area contributed by atoms with Gasteiger partial charge < -0.3 is 19.8 Å². The number of ether oxygens (including phenoxy) is 1. The predicted octanol–water partition coefficient (Wildman–Crippen LogP) is 3.41. The molecule has 3 atom stereocenters. The first-order valence-corrected chi connectivity index (χ1v) is 12.7. The van der Waals surface area contributed by atoms with Gasteiger partial charge >= 0.3 is 24.1 Å². The van der Waals surface area contributed by atoms with Crippen molar-refractivity contribution in [2.24, 2.45) is 0 Å². The molecule has 42 heavy (non-hydrogen) atoms. The lowest BCUT2D eigenvalue weighted by Gasteiger charge is -2.26. The minimum absolute atomic E-state index is 0.0524. The molecule has 2 heterocycles. The number of rotatable bonds is 10. The van der Waals surface area contributed by atoms with E-state index < -0.39 is 61.2 Å². The van der Waals surface area contributed by atoms with E-state index >= 15 is 0 Å².